The summed E-state index contributed by atoms with van der Waals surface area (Å²) < 4.78 is 1.72. The van der Waals surface area contributed by atoms with Crippen LogP contribution in [0.1, 0.15) is 16.2 Å². The highest BCUT2D eigenvalue weighted by molar-refractivity contribution is 7.19. The van der Waals surface area contributed by atoms with E-state index >= 15 is 0 Å². The number of amides is 1. The number of nitrogens with one attached hydrogen (secondary N) is 1. The number of hydrogen-bond acceptors (Lipinski definition) is 5. The van der Waals surface area contributed by atoms with Gasteiger partial charge >= 0.3 is 0 Å². The standard InChI is InChI=1S/C17H12ClN5OS/c1-10-20-21-17-23(10)22-16(25-17)11-6-8-12(9-7-11)19-15(24)13-4-2-3-5-14(13)18/h2-9H,1H3,(H,19,24). The van der Waals surface area contributed by atoms with E-state index in [4.69, 9.17) is 11.6 Å². The number of benzene rings is 2. The van der Waals surface area contributed by atoms with Gasteiger partial charge in [-0.25, -0.2) is 0 Å². The van der Waals surface area contributed by atoms with Crippen LogP contribution in [0.2, 0.25) is 5.02 Å². The van der Waals surface area contributed by atoms with Gasteiger partial charge in [-0.2, -0.15) is 9.61 Å². The fourth-order valence-electron chi connectivity index (χ4n) is 2.37. The van der Waals surface area contributed by atoms with Crippen LogP contribution < -0.4 is 5.32 Å². The molecule has 8 heteroatoms. The predicted octanol–water partition coefficient (Wildman–Crippen LogP) is 4.07. The largest absolute Gasteiger partial charge is 0.322 e. The van der Waals surface area contributed by atoms with Crippen molar-refractivity contribution in [2.24, 2.45) is 0 Å². The maximum Gasteiger partial charge on any atom is 0.257 e. The quantitative estimate of drug-likeness (QED) is 0.591. The Morgan fingerprint density at radius 1 is 1.12 bits per heavy atom. The Hall–Kier alpha value is -2.77. The topological polar surface area (TPSA) is 72.2 Å². The zero-order chi connectivity index (χ0) is 17.4. The van der Waals surface area contributed by atoms with E-state index in [0.717, 1.165) is 21.4 Å². The Bertz CT molecular complexity index is 1070. The lowest BCUT2D eigenvalue weighted by Gasteiger charge is -2.07. The van der Waals surface area contributed by atoms with Gasteiger partial charge in [0, 0.05) is 11.3 Å². The van der Waals surface area contributed by atoms with Gasteiger partial charge < -0.3 is 5.32 Å². The first-order valence-corrected chi connectivity index (χ1v) is 8.66. The predicted molar refractivity (Wildman–Crippen MR) is 98.2 cm³/mol. The molecule has 0 atom stereocenters. The summed E-state index contributed by atoms with van der Waals surface area (Å²) in [5.41, 5.74) is 2.08. The number of anilines is 1. The van der Waals surface area contributed by atoms with Crippen molar-refractivity contribution in [3.8, 4) is 10.6 Å². The normalized spacial score (nSPS) is 11.0. The van der Waals surface area contributed by atoms with Crippen LogP contribution in [0.15, 0.2) is 48.5 Å². The minimum Gasteiger partial charge on any atom is -0.322 e. The van der Waals surface area contributed by atoms with Crippen molar-refractivity contribution in [3.63, 3.8) is 0 Å². The van der Waals surface area contributed by atoms with Gasteiger partial charge in [-0.1, -0.05) is 35.1 Å². The summed E-state index contributed by atoms with van der Waals surface area (Å²) in [6, 6.07) is 14.4. The lowest BCUT2D eigenvalue weighted by Crippen LogP contribution is -2.12. The molecule has 1 amide bonds. The Morgan fingerprint density at radius 3 is 2.60 bits per heavy atom. The van der Waals surface area contributed by atoms with Crippen LogP contribution in [0.4, 0.5) is 5.69 Å². The van der Waals surface area contributed by atoms with E-state index in [1.807, 2.05) is 31.2 Å². The van der Waals surface area contributed by atoms with E-state index in [-0.39, 0.29) is 5.91 Å². The second-order valence-electron chi connectivity index (χ2n) is 5.36. The lowest BCUT2D eigenvalue weighted by molar-refractivity contribution is 0.102. The molecule has 4 aromatic rings. The first-order valence-electron chi connectivity index (χ1n) is 7.47. The SMILES string of the molecule is Cc1nnc2sc(-c3ccc(NC(=O)c4ccccc4Cl)cc3)nn12. The number of aromatic nitrogens is 4. The Labute approximate surface area is 152 Å². The summed E-state index contributed by atoms with van der Waals surface area (Å²) in [5.74, 6) is 0.508. The van der Waals surface area contributed by atoms with Gasteiger partial charge in [0.2, 0.25) is 4.96 Å². The van der Waals surface area contributed by atoms with E-state index in [9.17, 15) is 4.79 Å². The van der Waals surface area contributed by atoms with Crippen LogP contribution >= 0.6 is 22.9 Å². The van der Waals surface area contributed by atoms with E-state index < -0.39 is 0 Å². The van der Waals surface area contributed by atoms with Gasteiger partial charge in [0.25, 0.3) is 5.91 Å². The molecule has 0 spiro atoms. The second kappa shape index (κ2) is 6.27. The van der Waals surface area contributed by atoms with Crippen LogP contribution in [0, 0.1) is 6.92 Å². The molecule has 0 fully saturated rings. The van der Waals surface area contributed by atoms with E-state index in [1.165, 1.54) is 11.3 Å². The highest BCUT2D eigenvalue weighted by Gasteiger charge is 2.12. The van der Waals surface area contributed by atoms with Crippen LogP contribution in [0.3, 0.4) is 0 Å². The summed E-state index contributed by atoms with van der Waals surface area (Å²) in [6.45, 7) is 1.86. The molecule has 0 bridgehead atoms. The first kappa shape index (κ1) is 15.7. The van der Waals surface area contributed by atoms with Crippen LogP contribution in [0.5, 0.6) is 0 Å². The number of carbonyl (C=O) groups is 1. The minimum absolute atomic E-state index is 0.243. The third kappa shape index (κ3) is 2.99. The zero-order valence-corrected chi connectivity index (χ0v) is 14.7. The molecule has 25 heavy (non-hydrogen) atoms. The van der Waals surface area contributed by atoms with Crippen LogP contribution in [0.25, 0.3) is 15.5 Å². The number of aryl methyl sites for hydroxylation is 1. The van der Waals surface area contributed by atoms with Crippen molar-refractivity contribution in [1.82, 2.24) is 19.8 Å². The molecular weight excluding hydrogens is 358 g/mol. The molecule has 0 aliphatic heterocycles. The highest BCUT2D eigenvalue weighted by atomic mass is 35.5. The lowest BCUT2D eigenvalue weighted by atomic mass is 10.2. The van der Waals surface area contributed by atoms with Gasteiger partial charge in [0.1, 0.15) is 5.01 Å². The molecule has 0 radical (unpaired) electrons. The second-order valence-corrected chi connectivity index (χ2v) is 6.72. The van der Waals surface area contributed by atoms with Crippen LogP contribution in [-0.2, 0) is 0 Å². The maximum atomic E-state index is 12.3. The summed E-state index contributed by atoms with van der Waals surface area (Å²) in [6.07, 6.45) is 0. The molecule has 0 aliphatic rings. The summed E-state index contributed by atoms with van der Waals surface area (Å²) >= 11 is 7.51. The van der Waals surface area contributed by atoms with Crippen molar-refractivity contribution >= 4 is 39.5 Å². The van der Waals surface area contributed by atoms with Gasteiger partial charge in [-0.3, -0.25) is 4.79 Å². The molecule has 1 N–H and O–H groups in total. The maximum absolute atomic E-state index is 12.3. The number of hydrogen-bond donors (Lipinski definition) is 1. The smallest absolute Gasteiger partial charge is 0.257 e. The summed E-state index contributed by atoms with van der Waals surface area (Å²) in [4.78, 5) is 13.0. The zero-order valence-electron chi connectivity index (χ0n) is 13.1. The highest BCUT2D eigenvalue weighted by Crippen LogP contribution is 2.26. The third-order valence-corrected chi connectivity index (χ3v) is 4.93. The van der Waals surface area contributed by atoms with Crippen molar-refractivity contribution in [1.29, 1.82) is 0 Å². The van der Waals surface area contributed by atoms with Crippen molar-refractivity contribution in [2.75, 3.05) is 5.32 Å². The molecule has 2 aromatic heterocycles. The van der Waals surface area contributed by atoms with Crippen molar-refractivity contribution in [3.05, 3.63) is 64.9 Å². The minimum atomic E-state index is -0.243. The molecule has 0 aliphatic carbocycles. The molecule has 4 rings (SSSR count). The molecule has 6 nitrogen and oxygen atoms in total. The first-order chi connectivity index (χ1) is 12.1. The third-order valence-electron chi connectivity index (χ3n) is 3.65. The molecule has 0 saturated heterocycles. The number of rotatable bonds is 3. The Kier molecular flexibility index (Phi) is 3.95. The van der Waals surface area contributed by atoms with Crippen LogP contribution in [-0.4, -0.2) is 25.7 Å². The average Bonchev–Trinajstić information content (AvgIpc) is 3.18. The van der Waals surface area contributed by atoms with Crippen molar-refractivity contribution in [2.45, 2.75) is 6.92 Å². The fourth-order valence-corrected chi connectivity index (χ4v) is 3.48. The molecule has 0 unspecified atom stereocenters. The monoisotopic (exact) mass is 369 g/mol. The van der Waals surface area contributed by atoms with E-state index in [0.29, 0.717) is 16.3 Å². The number of halogens is 1. The fraction of sp³-hybridized carbons (Fsp3) is 0.0588. The average molecular weight is 370 g/mol. The molecule has 2 aromatic carbocycles. The number of carbonyl (C=O) groups excluding carboxylic acids is 1. The number of fused-ring (bicyclic) bond motifs is 1. The van der Waals surface area contributed by atoms with Gasteiger partial charge in [0.05, 0.1) is 10.6 Å². The van der Waals surface area contributed by atoms with Gasteiger partial charge in [0.15, 0.2) is 5.82 Å². The molecule has 2 heterocycles. The van der Waals surface area contributed by atoms with Gasteiger partial charge in [-0.05, 0) is 43.3 Å². The molecule has 0 saturated carbocycles. The summed E-state index contributed by atoms with van der Waals surface area (Å²) in [7, 11) is 0. The van der Waals surface area contributed by atoms with Crippen molar-refractivity contribution < 1.29 is 4.79 Å². The van der Waals surface area contributed by atoms with E-state index in [1.54, 1.807) is 28.8 Å². The molecular formula is C17H12ClN5OS. The molecule has 124 valence electrons. The Balaban J connectivity index is 1.55. The van der Waals surface area contributed by atoms with E-state index in [2.05, 4.69) is 20.6 Å². The number of nitrogens with zero attached hydrogens (tertiary/aromatic N) is 4. The van der Waals surface area contributed by atoms with Gasteiger partial charge in [-0.15, -0.1) is 10.2 Å². The Morgan fingerprint density at radius 2 is 1.88 bits per heavy atom. The summed E-state index contributed by atoms with van der Waals surface area (Å²) in [5, 5.41) is 16.6.